The lowest BCUT2D eigenvalue weighted by Crippen LogP contribution is -2.13. The maximum absolute atomic E-state index is 10.5. The van der Waals surface area contributed by atoms with Gasteiger partial charge in [-0.2, -0.15) is 10.5 Å². The van der Waals surface area contributed by atoms with Crippen LogP contribution in [0.3, 0.4) is 0 Å². The molecule has 66 valence electrons. The van der Waals surface area contributed by atoms with Crippen molar-refractivity contribution < 1.29 is 29.9 Å². The Balaban J connectivity index is 4.41. The lowest BCUT2D eigenvalue weighted by molar-refractivity contribution is -0.232. The molecule has 6 heteroatoms. The van der Waals surface area contributed by atoms with Gasteiger partial charge in [-0.15, -0.1) is 0 Å². The Morgan fingerprint density at radius 1 is 0.917 bits per heavy atom. The predicted molar refractivity (Wildman–Crippen MR) is 35.7 cm³/mol. The standard InChI is InChI=1S/C6H6O6/c1-3(5(7)11-9)4(2)6(8)12-10/h9-10H,1-2H2. The Bertz CT molecular complexity index is 214. The van der Waals surface area contributed by atoms with Gasteiger partial charge in [-0.25, -0.2) is 9.59 Å². The van der Waals surface area contributed by atoms with Crippen LogP contribution in [0.4, 0.5) is 0 Å². The van der Waals surface area contributed by atoms with Crippen molar-refractivity contribution in [2.24, 2.45) is 0 Å². The van der Waals surface area contributed by atoms with E-state index >= 15 is 0 Å². The molecule has 0 aliphatic carbocycles. The Morgan fingerprint density at radius 3 is 1.33 bits per heavy atom. The molecule has 0 aromatic rings. The summed E-state index contributed by atoms with van der Waals surface area (Å²) in [6, 6.07) is 0. The van der Waals surface area contributed by atoms with Crippen LogP contribution >= 0.6 is 0 Å². The van der Waals surface area contributed by atoms with Crippen LogP contribution in [0.2, 0.25) is 0 Å². The zero-order valence-corrected chi connectivity index (χ0v) is 5.94. The first-order valence-corrected chi connectivity index (χ1v) is 2.64. The van der Waals surface area contributed by atoms with Gasteiger partial charge in [0.25, 0.3) is 0 Å². The molecule has 0 spiro atoms. The van der Waals surface area contributed by atoms with Gasteiger partial charge < -0.3 is 0 Å². The van der Waals surface area contributed by atoms with E-state index in [1.165, 1.54) is 0 Å². The minimum atomic E-state index is -1.24. The maximum atomic E-state index is 10.5. The van der Waals surface area contributed by atoms with Gasteiger partial charge in [0.2, 0.25) is 0 Å². The van der Waals surface area contributed by atoms with E-state index in [0.29, 0.717) is 0 Å². The lowest BCUT2D eigenvalue weighted by Gasteiger charge is -2.00. The topological polar surface area (TPSA) is 93.1 Å². The fourth-order valence-corrected chi connectivity index (χ4v) is 0.357. The summed E-state index contributed by atoms with van der Waals surface area (Å²) in [5.41, 5.74) is -1.01. The first-order chi connectivity index (χ1) is 5.54. The van der Waals surface area contributed by atoms with Gasteiger partial charge in [0, 0.05) is 0 Å². The van der Waals surface area contributed by atoms with Crippen LogP contribution in [-0.4, -0.2) is 22.5 Å². The zero-order chi connectivity index (χ0) is 9.72. The number of carbonyl (C=O) groups excluding carboxylic acids is 2. The molecule has 0 heterocycles. The fourth-order valence-electron chi connectivity index (χ4n) is 0.357. The van der Waals surface area contributed by atoms with Crippen molar-refractivity contribution in [3.05, 3.63) is 24.3 Å². The number of carbonyl (C=O) groups is 2. The first-order valence-electron chi connectivity index (χ1n) is 2.64. The summed E-state index contributed by atoms with van der Waals surface area (Å²) in [6.45, 7) is 6.10. The van der Waals surface area contributed by atoms with E-state index in [0.717, 1.165) is 0 Å². The van der Waals surface area contributed by atoms with Gasteiger partial charge in [-0.3, -0.25) is 9.78 Å². The number of hydrogen-bond donors (Lipinski definition) is 2. The van der Waals surface area contributed by atoms with E-state index < -0.39 is 23.1 Å². The summed E-state index contributed by atoms with van der Waals surface area (Å²) < 4.78 is 0. The summed E-state index contributed by atoms with van der Waals surface area (Å²) in [4.78, 5) is 27.4. The molecule has 0 rings (SSSR count). The third kappa shape index (κ3) is 2.19. The smallest absolute Gasteiger partial charge is 0.296 e. The van der Waals surface area contributed by atoms with Gasteiger partial charge in [0.05, 0.1) is 11.1 Å². The molecular formula is C6H6O6. The van der Waals surface area contributed by atoms with Crippen molar-refractivity contribution >= 4 is 11.9 Å². The van der Waals surface area contributed by atoms with E-state index in [1.807, 2.05) is 0 Å². The van der Waals surface area contributed by atoms with Gasteiger partial charge >= 0.3 is 11.9 Å². The van der Waals surface area contributed by atoms with Gasteiger partial charge in [-0.1, -0.05) is 13.2 Å². The van der Waals surface area contributed by atoms with Crippen LogP contribution in [0.25, 0.3) is 0 Å². The Labute approximate surface area is 67.2 Å². The second kappa shape index (κ2) is 4.27. The fraction of sp³-hybridized carbons (Fsp3) is 0. The quantitative estimate of drug-likeness (QED) is 0.273. The Hall–Kier alpha value is -1.66. The molecule has 0 aromatic carbocycles. The molecule has 0 aliphatic rings. The highest BCUT2D eigenvalue weighted by molar-refractivity contribution is 6.05. The highest BCUT2D eigenvalue weighted by atomic mass is 17.1. The summed E-state index contributed by atoms with van der Waals surface area (Å²) in [5, 5.41) is 15.7. The molecule has 0 unspecified atom stereocenters. The Morgan fingerprint density at radius 2 is 1.17 bits per heavy atom. The predicted octanol–water partition coefficient (Wildman–Crippen LogP) is 0.131. The van der Waals surface area contributed by atoms with E-state index in [2.05, 4.69) is 22.9 Å². The summed E-state index contributed by atoms with van der Waals surface area (Å²) in [6.07, 6.45) is 0. The molecule has 0 saturated carbocycles. The van der Waals surface area contributed by atoms with Crippen molar-refractivity contribution in [3.8, 4) is 0 Å². The highest BCUT2D eigenvalue weighted by Crippen LogP contribution is 2.07. The van der Waals surface area contributed by atoms with Crippen LogP contribution in [0.5, 0.6) is 0 Å². The minimum absolute atomic E-state index is 0.503. The SMILES string of the molecule is C=C(C(=C)C(=O)OO)C(=O)OO. The summed E-state index contributed by atoms with van der Waals surface area (Å²) in [5.74, 6) is -2.49. The molecule has 0 saturated heterocycles. The van der Waals surface area contributed by atoms with Crippen molar-refractivity contribution in [2.75, 3.05) is 0 Å². The second-order valence-electron chi connectivity index (χ2n) is 1.71. The van der Waals surface area contributed by atoms with Gasteiger partial charge in [0.15, 0.2) is 0 Å². The third-order valence-corrected chi connectivity index (χ3v) is 1.02. The van der Waals surface area contributed by atoms with Crippen molar-refractivity contribution in [1.29, 1.82) is 0 Å². The largest absolute Gasteiger partial charge is 0.373 e. The molecule has 0 bridgehead atoms. The molecule has 0 amide bonds. The average Bonchev–Trinajstić information content (AvgIpc) is 2.12. The minimum Gasteiger partial charge on any atom is -0.296 e. The molecule has 0 fully saturated rings. The number of hydrogen-bond acceptors (Lipinski definition) is 6. The highest BCUT2D eigenvalue weighted by Gasteiger charge is 2.19. The van der Waals surface area contributed by atoms with Crippen LogP contribution in [0.15, 0.2) is 24.3 Å². The summed E-state index contributed by atoms with van der Waals surface area (Å²) >= 11 is 0. The van der Waals surface area contributed by atoms with E-state index in [4.69, 9.17) is 10.5 Å². The number of rotatable bonds is 3. The van der Waals surface area contributed by atoms with Crippen molar-refractivity contribution in [2.45, 2.75) is 0 Å². The zero-order valence-electron chi connectivity index (χ0n) is 5.94. The molecule has 6 nitrogen and oxygen atoms in total. The first kappa shape index (κ1) is 10.3. The van der Waals surface area contributed by atoms with Gasteiger partial charge in [0.1, 0.15) is 0 Å². The third-order valence-electron chi connectivity index (χ3n) is 1.02. The van der Waals surface area contributed by atoms with Gasteiger partial charge in [-0.05, 0) is 0 Å². The van der Waals surface area contributed by atoms with Crippen LogP contribution in [-0.2, 0) is 19.4 Å². The normalized spacial score (nSPS) is 8.50. The van der Waals surface area contributed by atoms with Crippen molar-refractivity contribution in [3.63, 3.8) is 0 Å². The van der Waals surface area contributed by atoms with Crippen molar-refractivity contribution in [1.82, 2.24) is 0 Å². The van der Waals surface area contributed by atoms with E-state index in [-0.39, 0.29) is 0 Å². The molecule has 0 atom stereocenters. The molecule has 0 aliphatic heterocycles. The van der Waals surface area contributed by atoms with Crippen LogP contribution in [0, 0.1) is 0 Å². The van der Waals surface area contributed by atoms with E-state index in [1.54, 1.807) is 0 Å². The molecular weight excluding hydrogens is 168 g/mol. The second-order valence-corrected chi connectivity index (χ2v) is 1.71. The van der Waals surface area contributed by atoms with Crippen LogP contribution in [0.1, 0.15) is 0 Å². The summed E-state index contributed by atoms with van der Waals surface area (Å²) in [7, 11) is 0. The molecule has 0 aromatic heterocycles. The Kier molecular flexibility index (Phi) is 3.68. The monoisotopic (exact) mass is 174 g/mol. The molecule has 2 N–H and O–H groups in total. The lowest BCUT2D eigenvalue weighted by atomic mass is 10.1. The van der Waals surface area contributed by atoms with E-state index in [9.17, 15) is 9.59 Å². The maximum Gasteiger partial charge on any atom is 0.373 e. The molecule has 12 heavy (non-hydrogen) atoms. The average molecular weight is 174 g/mol. The van der Waals surface area contributed by atoms with Crippen LogP contribution < -0.4 is 0 Å². The molecule has 0 radical (unpaired) electrons.